The monoisotopic (exact) mass is 430 g/mol. The molecular weight excluding hydrogens is 407 g/mol. The van der Waals surface area contributed by atoms with E-state index >= 15 is 0 Å². The van der Waals surface area contributed by atoms with Crippen molar-refractivity contribution in [1.82, 2.24) is 9.97 Å². The molecule has 0 aliphatic heterocycles. The smallest absolute Gasteiger partial charge is 0.311 e. The van der Waals surface area contributed by atoms with Gasteiger partial charge in [-0.3, -0.25) is 9.78 Å². The van der Waals surface area contributed by atoms with Gasteiger partial charge in [-0.05, 0) is 61.5 Å². The molecule has 2 aliphatic carbocycles. The molecule has 152 valence electrons. The first-order valence-electron chi connectivity index (χ1n) is 10.1. The molecule has 1 aromatic heterocycles. The molecule has 0 bridgehead atoms. The van der Waals surface area contributed by atoms with Crippen molar-refractivity contribution in [2.75, 3.05) is 0 Å². The molecule has 1 unspecified atom stereocenters. The highest BCUT2D eigenvalue weighted by atomic mass is 35.5. The van der Waals surface area contributed by atoms with Crippen LogP contribution in [0.2, 0.25) is 10.0 Å². The highest BCUT2D eigenvalue weighted by Crippen LogP contribution is 2.41. The van der Waals surface area contributed by atoms with Gasteiger partial charge in [0.2, 0.25) is 0 Å². The summed E-state index contributed by atoms with van der Waals surface area (Å²) >= 11 is 12.5. The van der Waals surface area contributed by atoms with Crippen LogP contribution >= 0.6 is 23.2 Å². The largest absolute Gasteiger partial charge is 0.325 e. The summed E-state index contributed by atoms with van der Waals surface area (Å²) < 4.78 is 0. The normalized spacial score (nSPS) is 24.0. The zero-order valence-corrected chi connectivity index (χ0v) is 17.6. The Bertz CT molecular complexity index is 1060. The van der Waals surface area contributed by atoms with E-state index in [0.29, 0.717) is 33.9 Å². The van der Waals surface area contributed by atoms with Crippen molar-refractivity contribution in [3.8, 4) is 0 Å². The molecule has 0 radical (unpaired) electrons. The minimum atomic E-state index is -0.451. The molecule has 1 aromatic carbocycles. The standard InChI is InChI=1S/C23H24Cl2N2O2/c24-19-8-4-7-17(20(19)25)13-18-21(26-23(29)27-22(18)28)16-11-9-15(10-12-16)14-5-2-1-3-6-14/h1-5,7-8,14-16H,6,9-13H2,(H2,26,27,28,29)/t14?,15-,16-. The van der Waals surface area contributed by atoms with Crippen molar-refractivity contribution >= 4 is 23.2 Å². The molecule has 2 aliphatic rings. The summed E-state index contributed by atoms with van der Waals surface area (Å²) in [5, 5.41) is 0.910. The third-order valence-corrected chi connectivity index (χ3v) is 7.13. The number of hydrogen-bond donors (Lipinski definition) is 2. The van der Waals surface area contributed by atoms with Crippen LogP contribution in [0.3, 0.4) is 0 Å². The number of halogens is 2. The molecule has 2 N–H and O–H groups in total. The van der Waals surface area contributed by atoms with Gasteiger partial charge in [-0.25, -0.2) is 4.79 Å². The molecule has 0 spiro atoms. The van der Waals surface area contributed by atoms with E-state index in [1.165, 1.54) is 0 Å². The van der Waals surface area contributed by atoms with Gasteiger partial charge in [0.05, 0.1) is 10.0 Å². The zero-order chi connectivity index (χ0) is 20.4. The van der Waals surface area contributed by atoms with Crippen molar-refractivity contribution in [3.63, 3.8) is 0 Å². The Hall–Kier alpha value is -2.04. The number of allylic oxidation sites excluding steroid dienone is 4. The average molecular weight is 431 g/mol. The van der Waals surface area contributed by atoms with E-state index in [0.717, 1.165) is 43.4 Å². The van der Waals surface area contributed by atoms with Crippen LogP contribution in [0, 0.1) is 11.8 Å². The van der Waals surface area contributed by atoms with Gasteiger partial charge < -0.3 is 4.98 Å². The Morgan fingerprint density at radius 2 is 1.79 bits per heavy atom. The topological polar surface area (TPSA) is 65.7 Å². The first-order valence-corrected chi connectivity index (χ1v) is 10.9. The van der Waals surface area contributed by atoms with Gasteiger partial charge in [-0.1, -0.05) is 59.6 Å². The number of H-pyrrole nitrogens is 2. The molecule has 2 aromatic rings. The van der Waals surface area contributed by atoms with Crippen molar-refractivity contribution in [1.29, 1.82) is 0 Å². The van der Waals surface area contributed by atoms with Crippen LogP contribution in [-0.4, -0.2) is 9.97 Å². The molecule has 29 heavy (non-hydrogen) atoms. The fourth-order valence-corrected chi connectivity index (χ4v) is 5.10. The molecule has 0 amide bonds. The summed E-state index contributed by atoms with van der Waals surface area (Å²) in [5.41, 5.74) is 1.33. The molecule has 4 rings (SSSR count). The predicted molar refractivity (Wildman–Crippen MR) is 118 cm³/mol. The number of aromatic amines is 2. The second-order valence-corrected chi connectivity index (χ2v) is 8.80. The Balaban J connectivity index is 1.58. The first kappa shape index (κ1) is 20.2. The van der Waals surface area contributed by atoms with Crippen LogP contribution < -0.4 is 11.2 Å². The Labute approximate surface area is 179 Å². The maximum atomic E-state index is 12.6. The van der Waals surface area contributed by atoms with Crippen LogP contribution in [0.25, 0.3) is 0 Å². The SMILES string of the molecule is O=c1[nH]c(=O)c(Cc2cccc(Cl)c2Cl)c([C@H]2CC[C@H](C3C=CC=CC3)CC2)[nH]1. The van der Waals surface area contributed by atoms with E-state index in [1.54, 1.807) is 6.07 Å². The maximum absolute atomic E-state index is 12.6. The molecule has 1 saturated carbocycles. The maximum Gasteiger partial charge on any atom is 0.325 e. The van der Waals surface area contributed by atoms with Crippen LogP contribution in [0.1, 0.15) is 54.8 Å². The number of hydrogen-bond acceptors (Lipinski definition) is 2. The lowest BCUT2D eigenvalue weighted by Crippen LogP contribution is -2.31. The van der Waals surface area contributed by atoms with Gasteiger partial charge in [0, 0.05) is 17.7 Å². The van der Waals surface area contributed by atoms with Crippen LogP contribution in [0.15, 0.2) is 52.1 Å². The van der Waals surface area contributed by atoms with Gasteiger partial charge in [0.15, 0.2) is 0 Å². The summed E-state index contributed by atoms with van der Waals surface area (Å²) in [7, 11) is 0. The highest BCUT2D eigenvalue weighted by Gasteiger charge is 2.29. The lowest BCUT2D eigenvalue weighted by molar-refractivity contribution is 0.262. The minimum Gasteiger partial charge on any atom is -0.311 e. The third-order valence-electron chi connectivity index (χ3n) is 6.27. The summed E-state index contributed by atoms with van der Waals surface area (Å²) in [5.74, 6) is 1.44. The second-order valence-electron chi connectivity index (χ2n) is 8.01. The number of benzene rings is 1. The van der Waals surface area contributed by atoms with E-state index in [-0.39, 0.29) is 11.5 Å². The third kappa shape index (κ3) is 4.44. The number of nitrogens with one attached hydrogen (secondary N) is 2. The molecule has 1 fully saturated rings. The predicted octanol–water partition coefficient (Wildman–Crippen LogP) is 5.37. The first-order chi connectivity index (χ1) is 14.0. The molecule has 6 heteroatoms. The second kappa shape index (κ2) is 8.76. The lowest BCUT2D eigenvalue weighted by atomic mass is 9.72. The Morgan fingerprint density at radius 1 is 1.00 bits per heavy atom. The molecular formula is C23H24Cl2N2O2. The quantitative estimate of drug-likeness (QED) is 0.684. The fraction of sp³-hybridized carbons (Fsp3) is 0.391. The van der Waals surface area contributed by atoms with E-state index in [9.17, 15) is 9.59 Å². The molecule has 0 saturated heterocycles. The molecule has 4 nitrogen and oxygen atoms in total. The molecule has 1 heterocycles. The van der Waals surface area contributed by atoms with E-state index in [1.807, 2.05) is 12.1 Å². The number of rotatable bonds is 4. The summed E-state index contributed by atoms with van der Waals surface area (Å²) in [6.45, 7) is 0. The Morgan fingerprint density at radius 3 is 2.52 bits per heavy atom. The van der Waals surface area contributed by atoms with Gasteiger partial charge in [0.1, 0.15) is 0 Å². The van der Waals surface area contributed by atoms with Crippen molar-refractivity contribution in [2.24, 2.45) is 11.8 Å². The minimum absolute atomic E-state index is 0.178. The van der Waals surface area contributed by atoms with Gasteiger partial charge in [0.25, 0.3) is 5.56 Å². The van der Waals surface area contributed by atoms with Crippen molar-refractivity contribution in [2.45, 2.75) is 44.4 Å². The van der Waals surface area contributed by atoms with Gasteiger partial charge in [-0.2, -0.15) is 0 Å². The highest BCUT2D eigenvalue weighted by molar-refractivity contribution is 6.42. The van der Waals surface area contributed by atoms with E-state index in [4.69, 9.17) is 23.2 Å². The summed E-state index contributed by atoms with van der Waals surface area (Å²) in [6, 6.07) is 5.41. The Kier molecular flexibility index (Phi) is 6.12. The molecule has 1 atom stereocenters. The lowest BCUT2D eigenvalue weighted by Gasteiger charge is -2.33. The summed E-state index contributed by atoms with van der Waals surface area (Å²) in [4.78, 5) is 30.0. The van der Waals surface area contributed by atoms with Crippen molar-refractivity contribution < 1.29 is 0 Å². The van der Waals surface area contributed by atoms with E-state index < -0.39 is 5.69 Å². The van der Waals surface area contributed by atoms with Crippen LogP contribution in [0.4, 0.5) is 0 Å². The average Bonchev–Trinajstić information content (AvgIpc) is 2.73. The van der Waals surface area contributed by atoms with Crippen LogP contribution in [-0.2, 0) is 6.42 Å². The zero-order valence-electron chi connectivity index (χ0n) is 16.1. The van der Waals surface area contributed by atoms with E-state index in [2.05, 4.69) is 34.3 Å². The summed E-state index contributed by atoms with van der Waals surface area (Å²) in [6.07, 6.45) is 14.4. The van der Waals surface area contributed by atoms with Gasteiger partial charge >= 0.3 is 5.69 Å². The number of aromatic nitrogens is 2. The van der Waals surface area contributed by atoms with Crippen molar-refractivity contribution in [3.05, 3.63) is 90.2 Å². The van der Waals surface area contributed by atoms with Crippen LogP contribution in [0.5, 0.6) is 0 Å². The van der Waals surface area contributed by atoms with Gasteiger partial charge in [-0.15, -0.1) is 0 Å². The fourth-order valence-electron chi connectivity index (χ4n) is 4.71.